The van der Waals surface area contributed by atoms with Gasteiger partial charge in [-0.2, -0.15) is 4.31 Å². The van der Waals surface area contributed by atoms with Crippen LogP contribution in [0.4, 0.5) is 5.69 Å². The summed E-state index contributed by atoms with van der Waals surface area (Å²) in [5.41, 5.74) is 6.16. The summed E-state index contributed by atoms with van der Waals surface area (Å²) >= 11 is 3.26. The maximum absolute atomic E-state index is 12.4. The first-order valence-corrected chi connectivity index (χ1v) is 7.80. The molecule has 94 valence electrons. The number of anilines is 1. The van der Waals surface area contributed by atoms with Crippen molar-refractivity contribution in [3.8, 4) is 0 Å². The van der Waals surface area contributed by atoms with Crippen molar-refractivity contribution in [2.75, 3.05) is 18.8 Å². The fourth-order valence-corrected chi connectivity index (χ4v) is 4.54. The van der Waals surface area contributed by atoms with Gasteiger partial charge in [0, 0.05) is 23.2 Å². The summed E-state index contributed by atoms with van der Waals surface area (Å²) in [6, 6.07) is 4.79. The fourth-order valence-electron chi connectivity index (χ4n) is 1.97. The second-order valence-electron chi connectivity index (χ2n) is 4.15. The maximum atomic E-state index is 12.4. The molecule has 2 rings (SSSR count). The van der Waals surface area contributed by atoms with E-state index in [2.05, 4.69) is 15.9 Å². The van der Waals surface area contributed by atoms with Gasteiger partial charge in [0.2, 0.25) is 10.0 Å². The predicted octanol–water partition coefficient (Wildman–Crippen LogP) is 2.21. The summed E-state index contributed by atoms with van der Waals surface area (Å²) in [6.07, 6.45) is 2.98. The van der Waals surface area contributed by atoms with Gasteiger partial charge in [0.1, 0.15) is 0 Å². The minimum atomic E-state index is -3.38. The number of hydrogen-bond donors (Lipinski definition) is 1. The van der Waals surface area contributed by atoms with E-state index in [-0.39, 0.29) is 0 Å². The SMILES string of the molecule is Nc1ccc(S(=O)(=O)N2CCCCC2)c(Br)c1. The molecule has 0 saturated carbocycles. The summed E-state index contributed by atoms with van der Waals surface area (Å²) in [7, 11) is -3.38. The standard InChI is InChI=1S/C11H15BrN2O2S/c12-10-8-9(13)4-5-11(10)17(15,16)14-6-2-1-3-7-14/h4-5,8H,1-3,6-7,13H2. The molecule has 1 aliphatic rings. The lowest BCUT2D eigenvalue weighted by atomic mass is 10.2. The molecule has 1 aromatic carbocycles. The number of piperidine rings is 1. The monoisotopic (exact) mass is 318 g/mol. The first-order valence-electron chi connectivity index (χ1n) is 5.57. The van der Waals surface area contributed by atoms with Gasteiger partial charge in [0.05, 0.1) is 4.90 Å². The number of nitrogens with two attached hydrogens (primary N) is 1. The Balaban J connectivity index is 2.37. The quantitative estimate of drug-likeness (QED) is 0.850. The van der Waals surface area contributed by atoms with E-state index >= 15 is 0 Å². The van der Waals surface area contributed by atoms with Crippen LogP contribution in [-0.4, -0.2) is 25.8 Å². The van der Waals surface area contributed by atoms with E-state index in [4.69, 9.17) is 5.73 Å². The number of sulfonamides is 1. The molecule has 0 aliphatic carbocycles. The van der Waals surface area contributed by atoms with Crippen molar-refractivity contribution in [2.24, 2.45) is 0 Å². The molecule has 0 bridgehead atoms. The molecular weight excluding hydrogens is 304 g/mol. The number of nitrogens with zero attached hydrogens (tertiary/aromatic N) is 1. The lowest BCUT2D eigenvalue weighted by molar-refractivity contribution is 0.346. The Morgan fingerprint density at radius 3 is 2.41 bits per heavy atom. The van der Waals surface area contributed by atoms with Crippen LogP contribution < -0.4 is 5.73 Å². The van der Waals surface area contributed by atoms with Gasteiger partial charge in [0.15, 0.2) is 0 Å². The average Bonchev–Trinajstić information content (AvgIpc) is 2.29. The highest BCUT2D eigenvalue weighted by Crippen LogP contribution is 2.28. The summed E-state index contributed by atoms with van der Waals surface area (Å²) in [5, 5.41) is 0. The van der Waals surface area contributed by atoms with Gasteiger partial charge in [-0.1, -0.05) is 6.42 Å². The van der Waals surface area contributed by atoms with Crippen LogP contribution in [0.1, 0.15) is 19.3 Å². The zero-order chi connectivity index (χ0) is 12.5. The Labute approximate surface area is 110 Å². The number of nitrogen functional groups attached to an aromatic ring is 1. The van der Waals surface area contributed by atoms with Gasteiger partial charge in [-0.25, -0.2) is 8.42 Å². The lowest BCUT2D eigenvalue weighted by Crippen LogP contribution is -2.35. The molecule has 17 heavy (non-hydrogen) atoms. The molecule has 0 atom stereocenters. The highest BCUT2D eigenvalue weighted by atomic mass is 79.9. The van der Waals surface area contributed by atoms with Gasteiger partial charge in [-0.15, -0.1) is 0 Å². The zero-order valence-corrected chi connectivity index (χ0v) is 11.8. The van der Waals surface area contributed by atoms with Crippen molar-refractivity contribution in [3.63, 3.8) is 0 Å². The minimum Gasteiger partial charge on any atom is -0.399 e. The van der Waals surface area contributed by atoms with Crippen LogP contribution in [0.25, 0.3) is 0 Å². The van der Waals surface area contributed by atoms with Crippen LogP contribution in [0, 0.1) is 0 Å². The molecule has 1 aliphatic heterocycles. The van der Waals surface area contributed by atoms with Crippen LogP contribution in [0.5, 0.6) is 0 Å². The average molecular weight is 319 g/mol. The van der Waals surface area contributed by atoms with Crippen LogP contribution in [0.15, 0.2) is 27.6 Å². The molecule has 2 N–H and O–H groups in total. The molecule has 4 nitrogen and oxygen atoms in total. The van der Waals surface area contributed by atoms with Crippen molar-refractivity contribution < 1.29 is 8.42 Å². The molecule has 0 amide bonds. The van der Waals surface area contributed by atoms with Gasteiger partial charge >= 0.3 is 0 Å². The number of halogens is 1. The molecule has 0 unspecified atom stereocenters. The number of benzene rings is 1. The third kappa shape index (κ3) is 2.64. The Morgan fingerprint density at radius 2 is 1.82 bits per heavy atom. The van der Waals surface area contributed by atoms with Crippen molar-refractivity contribution in [3.05, 3.63) is 22.7 Å². The molecule has 0 spiro atoms. The molecule has 1 saturated heterocycles. The normalized spacial score (nSPS) is 18.2. The lowest BCUT2D eigenvalue weighted by Gasteiger charge is -2.26. The highest BCUT2D eigenvalue weighted by Gasteiger charge is 2.27. The summed E-state index contributed by atoms with van der Waals surface area (Å²) in [4.78, 5) is 0.300. The number of hydrogen-bond acceptors (Lipinski definition) is 3. The Hall–Kier alpha value is -0.590. The van der Waals surface area contributed by atoms with Crippen LogP contribution in [0.2, 0.25) is 0 Å². The van der Waals surface area contributed by atoms with E-state index in [0.29, 0.717) is 28.1 Å². The van der Waals surface area contributed by atoms with Crippen molar-refractivity contribution in [2.45, 2.75) is 24.2 Å². The van der Waals surface area contributed by atoms with E-state index in [9.17, 15) is 8.42 Å². The Kier molecular flexibility index (Phi) is 3.75. The molecule has 1 fully saturated rings. The molecule has 6 heteroatoms. The second-order valence-corrected chi connectivity index (χ2v) is 6.92. The zero-order valence-electron chi connectivity index (χ0n) is 9.39. The number of rotatable bonds is 2. The van der Waals surface area contributed by atoms with Crippen LogP contribution in [0.3, 0.4) is 0 Å². The smallest absolute Gasteiger partial charge is 0.244 e. The third-order valence-electron chi connectivity index (χ3n) is 2.89. The van der Waals surface area contributed by atoms with E-state index < -0.39 is 10.0 Å². The van der Waals surface area contributed by atoms with Gasteiger partial charge in [0.25, 0.3) is 0 Å². The summed E-state index contributed by atoms with van der Waals surface area (Å²) < 4.78 is 26.8. The molecule has 0 radical (unpaired) electrons. The third-order valence-corrected chi connectivity index (χ3v) is 5.76. The van der Waals surface area contributed by atoms with Crippen molar-refractivity contribution >= 4 is 31.6 Å². The van der Waals surface area contributed by atoms with E-state index in [1.165, 1.54) is 0 Å². The molecule has 1 aromatic rings. The summed E-state index contributed by atoms with van der Waals surface area (Å²) in [5.74, 6) is 0. The summed E-state index contributed by atoms with van der Waals surface area (Å²) in [6.45, 7) is 1.22. The van der Waals surface area contributed by atoms with E-state index in [1.54, 1.807) is 22.5 Å². The van der Waals surface area contributed by atoms with Gasteiger partial charge in [-0.3, -0.25) is 0 Å². The minimum absolute atomic E-state index is 0.300. The van der Waals surface area contributed by atoms with Gasteiger partial charge < -0.3 is 5.73 Å². The first-order chi connectivity index (χ1) is 8.01. The largest absolute Gasteiger partial charge is 0.399 e. The van der Waals surface area contributed by atoms with Crippen LogP contribution >= 0.6 is 15.9 Å². The van der Waals surface area contributed by atoms with E-state index in [0.717, 1.165) is 19.3 Å². The van der Waals surface area contributed by atoms with Crippen molar-refractivity contribution in [1.29, 1.82) is 0 Å². The van der Waals surface area contributed by atoms with E-state index in [1.807, 2.05) is 0 Å². The van der Waals surface area contributed by atoms with Crippen molar-refractivity contribution in [1.82, 2.24) is 4.31 Å². The molecule has 0 aromatic heterocycles. The maximum Gasteiger partial charge on any atom is 0.244 e. The van der Waals surface area contributed by atoms with Gasteiger partial charge in [-0.05, 0) is 47.0 Å². The highest BCUT2D eigenvalue weighted by molar-refractivity contribution is 9.10. The molecular formula is C11H15BrN2O2S. The topological polar surface area (TPSA) is 63.4 Å². The molecule has 1 heterocycles. The Bertz CT molecular complexity index is 510. The predicted molar refractivity (Wildman–Crippen MR) is 71.2 cm³/mol. The second kappa shape index (κ2) is 4.96. The fraction of sp³-hybridized carbons (Fsp3) is 0.455. The first kappa shape index (κ1) is 12.9. The van der Waals surface area contributed by atoms with Crippen LogP contribution in [-0.2, 0) is 10.0 Å². The Morgan fingerprint density at radius 1 is 1.18 bits per heavy atom.